The minimum absolute atomic E-state index is 0.326. The second kappa shape index (κ2) is 3.46. The number of aromatic nitrogens is 1. The summed E-state index contributed by atoms with van der Waals surface area (Å²) in [6.45, 7) is 3.94. The van der Waals surface area contributed by atoms with Crippen LogP contribution in [0.5, 0.6) is 0 Å². The van der Waals surface area contributed by atoms with Gasteiger partial charge in [0.1, 0.15) is 0 Å². The maximum absolute atomic E-state index is 5.83. The molecule has 0 unspecified atom stereocenters. The fourth-order valence-corrected chi connectivity index (χ4v) is 2.26. The number of anilines is 1. The molecule has 0 amide bonds. The first-order valence-corrected chi connectivity index (χ1v) is 5.61. The largest absolute Gasteiger partial charge is 0.368 e. The zero-order chi connectivity index (χ0) is 11.1. The topological polar surface area (TPSA) is 42.1 Å². The van der Waals surface area contributed by atoms with Crippen molar-refractivity contribution in [1.82, 2.24) is 4.98 Å². The van der Waals surface area contributed by atoms with Crippen molar-refractivity contribution in [1.29, 1.82) is 0 Å². The lowest BCUT2D eigenvalue weighted by atomic mass is 10.1. The van der Waals surface area contributed by atoms with E-state index in [9.17, 15) is 0 Å². The molecule has 0 saturated carbocycles. The first-order valence-electron chi connectivity index (χ1n) is 5.61. The van der Waals surface area contributed by atoms with E-state index in [-0.39, 0.29) is 0 Å². The van der Waals surface area contributed by atoms with Crippen molar-refractivity contribution in [3.05, 3.63) is 36.0 Å². The summed E-state index contributed by atoms with van der Waals surface area (Å²) in [5.74, 6) is 0. The van der Waals surface area contributed by atoms with E-state index in [1.807, 2.05) is 13.0 Å². The Morgan fingerprint density at radius 3 is 2.81 bits per heavy atom. The molecular weight excluding hydrogens is 198 g/mol. The number of benzene rings is 1. The van der Waals surface area contributed by atoms with Gasteiger partial charge in [-0.2, -0.15) is 0 Å². The third-order valence-corrected chi connectivity index (χ3v) is 3.07. The zero-order valence-electron chi connectivity index (χ0n) is 9.35. The molecule has 2 heterocycles. The minimum atomic E-state index is 0.326. The van der Waals surface area contributed by atoms with Gasteiger partial charge in [0.25, 0.3) is 0 Å². The first kappa shape index (κ1) is 9.60. The highest BCUT2D eigenvalue weighted by Gasteiger charge is 2.24. The van der Waals surface area contributed by atoms with E-state index in [1.165, 1.54) is 11.1 Å². The Hall–Kier alpha value is -1.61. The van der Waals surface area contributed by atoms with Gasteiger partial charge in [0.2, 0.25) is 0 Å². The summed E-state index contributed by atoms with van der Waals surface area (Å²) in [7, 11) is 0. The van der Waals surface area contributed by atoms with Crippen LogP contribution < -0.4 is 10.6 Å². The van der Waals surface area contributed by atoms with Crippen LogP contribution in [0.25, 0.3) is 10.9 Å². The molecule has 0 bridgehead atoms. The zero-order valence-corrected chi connectivity index (χ0v) is 9.35. The molecule has 1 fully saturated rings. The van der Waals surface area contributed by atoms with E-state index < -0.39 is 0 Å². The summed E-state index contributed by atoms with van der Waals surface area (Å²) < 4.78 is 0. The van der Waals surface area contributed by atoms with E-state index in [2.05, 4.69) is 34.1 Å². The van der Waals surface area contributed by atoms with E-state index in [0.29, 0.717) is 6.04 Å². The molecule has 3 rings (SSSR count). The molecule has 3 heteroatoms. The van der Waals surface area contributed by atoms with Gasteiger partial charge in [0.05, 0.1) is 5.52 Å². The molecule has 0 atom stereocenters. The molecular formula is C13H15N3. The molecule has 2 N–H and O–H groups in total. The van der Waals surface area contributed by atoms with Gasteiger partial charge in [0, 0.05) is 35.9 Å². The number of rotatable bonds is 1. The Kier molecular flexibility index (Phi) is 2.07. The molecule has 1 aromatic carbocycles. The van der Waals surface area contributed by atoms with Crippen LogP contribution in [0.15, 0.2) is 30.3 Å². The van der Waals surface area contributed by atoms with Crippen LogP contribution in [0.3, 0.4) is 0 Å². The Morgan fingerprint density at radius 1 is 1.31 bits per heavy atom. The minimum Gasteiger partial charge on any atom is -0.368 e. The van der Waals surface area contributed by atoms with Crippen LogP contribution >= 0.6 is 0 Å². The summed E-state index contributed by atoms with van der Waals surface area (Å²) in [6, 6.07) is 10.7. The van der Waals surface area contributed by atoms with E-state index in [4.69, 9.17) is 5.73 Å². The molecule has 1 aromatic heterocycles. The van der Waals surface area contributed by atoms with Crippen molar-refractivity contribution in [3.63, 3.8) is 0 Å². The molecule has 82 valence electrons. The quantitative estimate of drug-likeness (QED) is 0.783. The number of nitrogens with zero attached hydrogens (tertiary/aromatic N) is 2. The van der Waals surface area contributed by atoms with Crippen LogP contribution in [-0.4, -0.2) is 24.1 Å². The molecule has 0 aliphatic carbocycles. The van der Waals surface area contributed by atoms with Crippen molar-refractivity contribution in [2.45, 2.75) is 13.0 Å². The van der Waals surface area contributed by atoms with E-state index in [1.54, 1.807) is 0 Å². The van der Waals surface area contributed by atoms with Crippen molar-refractivity contribution in [3.8, 4) is 0 Å². The summed E-state index contributed by atoms with van der Waals surface area (Å²) in [5.41, 5.74) is 9.23. The number of hydrogen-bond donors (Lipinski definition) is 1. The van der Waals surface area contributed by atoms with Crippen LogP contribution in [0, 0.1) is 6.92 Å². The monoisotopic (exact) mass is 213 g/mol. The van der Waals surface area contributed by atoms with Crippen LogP contribution in [0.4, 0.5) is 5.69 Å². The van der Waals surface area contributed by atoms with Crippen molar-refractivity contribution in [2.75, 3.05) is 18.0 Å². The fourth-order valence-electron chi connectivity index (χ4n) is 2.26. The summed E-state index contributed by atoms with van der Waals surface area (Å²) in [4.78, 5) is 6.86. The highest BCUT2D eigenvalue weighted by Crippen LogP contribution is 2.29. The lowest BCUT2D eigenvalue weighted by Gasteiger charge is -2.39. The fraction of sp³-hybridized carbons (Fsp3) is 0.308. The SMILES string of the molecule is Cc1cc(N2CC(N)C2)c2ccccc2n1. The van der Waals surface area contributed by atoms with Crippen molar-refractivity contribution >= 4 is 16.6 Å². The van der Waals surface area contributed by atoms with Crippen LogP contribution in [0.1, 0.15) is 5.69 Å². The number of pyridine rings is 1. The lowest BCUT2D eigenvalue weighted by Crippen LogP contribution is -2.55. The molecule has 1 aliphatic rings. The molecule has 16 heavy (non-hydrogen) atoms. The summed E-state index contributed by atoms with van der Waals surface area (Å²) >= 11 is 0. The Bertz CT molecular complexity index is 530. The van der Waals surface area contributed by atoms with Gasteiger partial charge >= 0.3 is 0 Å². The maximum atomic E-state index is 5.83. The summed E-state index contributed by atoms with van der Waals surface area (Å²) in [6.07, 6.45) is 0. The second-order valence-electron chi connectivity index (χ2n) is 4.46. The predicted molar refractivity (Wildman–Crippen MR) is 66.7 cm³/mol. The molecule has 1 saturated heterocycles. The highest BCUT2D eigenvalue weighted by atomic mass is 15.2. The number of fused-ring (bicyclic) bond motifs is 1. The standard InChI is InChI=1S/C13H15N3/c1-9-6-13(16-7-10(14)8-16)11-4-2-3-5-12(11)15-9/h2-6,10H,7-8,14H2,1H3. The lowest BCUT2D eigenvalue weighted by molar-refractivity contribution is 0.520. The van der Waals surface area contributed by atoms with Gasteiger partial charge in [0.15, 0.2) is 0 Å². The third-order valence-electron chi connectivity index (χ3n) is 3.07. The van der Waals surface area contributed by atoms with Crippen LogP contribution in [-0.2, 0) is 0 Å². The Balaban J connectivity index is 2.15. The number of hydrogen-bond acceptors (Lipinski definition) is 3. The molecule has 1 aliphatic heterocycles. The number of aryl methyl sites for hydroxylation is 1. The third kappa shape index (κ3) is 1.44. The number of para-hydroxylation sites is 1. The van der Waals surface area contributed by atoms with Crippen LogP contribution in [0.2, 0.25) is 0 Å². The molecule has 2 aromatic rings. The molecule has 0 spiro atoms. The van der Waals surface area contributed by atoms with Crippen molar-refractivity contribution in [2.24, 2.45) is 5.73 Å². The Morgan fingerprint density at radius 2 is 2.06 bits per heavy atom. The van der Waals surface area contributed by atoms with Gasteiger partial charge in [-0.15, -0.1) is 0 Å². The highest BCUT2D eigenvalue weighted by molar-refractivity contribution is 5.92. The molecule has 3 nitrogen and oxygen atoms in total. The Labute approximate surface area is 94.9 Å². The number of nitrogens with two attached hydrogens (primary N) is 1. The first-order chi connectivity index (χ1) is 7.74. The van der Waals surface area contributed by atoms with E-state index in [0.717, 1.165) is 24.3 Å². The van der Waals surface area contributed by atoms with Gasteiger partial charge in [-0.3, -0.25) is 4.98 Å². The van der Waals surface area contributed by atoms with Gasteiger partial charge < -0.3 is 10.6 Å². The van der Waals surface area contributed by atoms with Crippen molar-refractivity contribution < 1.29 is 0 Å². The second-order valence-corrected chi connectivity index (χ2v) is 4.46. The normalized spacial score (nSPS) is 16.5. The van der Waals surface area contributed by atoms with Gasteiger partial charge in [-0.05, 0) is 19.1 Å². The van der Waals surface area contributed by atoms with Gasteiger partial charge in [-0.25, -0.2) is 0 Å². The average Bonchev–Trinajstić information content (AvgIpc) is 2.24. The van der Waals surface area contributed by atoms with E-state index >= 15 is 0 Å². The molecule has 0 radical (unpaired) electrons. The van der Waals surface area contributed by atoms with Gasteiger partial charge in [-0.1, -0.05) is 18.2 Å². The average molecular weight is 213 g/mol. The maximum Gasteiger partial charge on any atom is 0.0726 e. The summed E-state index contributed by atoms with van der Waals surface area (Å²) in [5, 5.41) is 1.22. The predicted octanol–water partition coefficient (Wildman–Crippen LogP) is 1.69. The smallest absolute Gasteiger partial charge is 0.0726 e.